The minimum atomic E-state index is 0.339. The van der Waals surface area contributed by atoms with Gasteiger partial charge in [-0.1, -0.05) is 33.6 Å². The van der Waals surface area contributed by atoms with Gasteiger partial charge in [-0.3, -0.25) is 0 Å². The number of rotatable bonds is 5. The molecular formula is C13H13BrClNS2. The molecule has 1 heterocycles. The molecule has 0 radical (unpaired) electrons. The Bertz CT molecular complexity index is 515. The fraction of sp³-hybridized carbons (Fsp3) is 0.231. The first-order valence-corrected chi connectivity index (χ1v) is 8.47. The summed E-state index contributed by atoms with van der Waals surface area (Å²) in [5.74, 6) is 0.990. The molecule has 1 aromatic carbocycles. The van der Waals surface area contributed by atoms with Crippen molar-refractivity contribution in [3.8, 4) is 0 Å². The summed E-state index contributed by atoms with van der Waals surface area (Å²) in [7, 11) is 1.99. The van der Waals surface area contributed by atoms with Gasteiger partial charge in [-0.15, -0.1) is 23.1 Å². The van der Waals surface area contributed by atoms with Crippen molar-refractivity contribution in [2.24, 2.45) is 0 Å². The maximum atomic E-state index is 5.98. The minimum absolute atomic E-state index is 0.339. The lowest BCUT2D eigenvalue weighted by molar-refractivity contribution is 0.673. The third kappa shape index (κ3) is 4.00. The molecule has 0 spiro atoms. The predicted molar refractivity (Wildman–Crippen MR) is 86.0 cm³/mol. The highest BCUT2D eigenvalue weighted by molar-refractivity contribution is 9.10. The number of thiophene rings is 1. The first-order chi connectivity index (χ1) is 8.69. The van der Waals surface area contributed by atoms with Gasteiger partial charge in [0.05, 0.1) is 10.4 Å². The second-order valence-corrected chi connectivity index (χ2v) is 7.51. The smallest absolute Gasteiger partial charge is 0.0931 e. The van der Waals surface area contributed by atoms with E-state index in [1.165, 1.54) is 9.77 Å². The summed E-state index contributed by atoms with van der Waals surface area (Å²) >= 11 is 12.9. The first kappa shape index (κ1) is 14.4. The van der Waals surface area contributed by atoms with Crippen LogP contribution in [0.15, 0.2) is 45.8 Å². The maximum absolute atomic E-state index is 5.98. The number of nitrogens with one attached hydrogen (secondary N) is 1. The zero-order valence-electron chi connectivity index (χ0n) is 9.82. The summed E-state index contributed by atoms with van der Waals surface area (Å²) in [5, 5.41) is 3.34. The zero-order chi connectivity index (χ0) is 13.0. The van der Waals surface area contributed by atoms with Crippen LogP contribution in [0.5, 0.6) is 0 Å². The summed E-state index contributed by atoms with van der Waals surface area (Å²) < 4.78 is 1.96. The van der Waals surface area contributed by atoms with E-state index in [2.05, 4.69) is 45.5 Å². The van der Waals surface area contributed by atoms with E-state index in [0.717, 1.165) is 14.6 Å². The SMILES string of the molecule is CNC(CSc1cccc(Br)c1)c1ccc(Cl)s1. The van der Waals surface area contributed by atoms with Gasteiger partial charge in [0, 0.05) is 20.0 Å². The van der Waals surface area contributed by atoms with Crippen LogP contribution in [0.4, 0.5) is 0 Å². The highest BCUT2D eigenvalue weighted by atomic mass is 79.9. The monoisotopic (exact) mass is 361 g/mol. The molecule has 96 valence electrons. The average Bonchev–Trinajstić information content (AvgIpc) is 2.77. The maximum Gasteiger partial charge on any atom is 0.0931 e. The van der Waals surface area contributed by atoms with Gasteiger partial charge in [0.1, 0.15) is 0 Å². The Labute approximate surface area is 129 Å². The van der Waals surface area contributed by atoms with E-state index >= 15 is 0 Å². The highest BCUT2D eigenvalue weighted by Crippen LogP contribution is 2.31. The van der Waals surface area contributed by atoms with Crippen molar-refractivity contribution in [3.63, 3.8) is 0 Å². The molecule has 0 saturated heterocycles. The Hall–Kier alpha value is -0.0000000000000000278. The van der Waals surface area contributed by atoms with Gasteiger partial charge in [-0.05, 0) is 37.4 Å². The van der Waals surface area contributed by atoms with E-state index in [4.69, 9.17) is 11.6 Å². The van der Waals surface area contributed by atoms with Crippen LogP contribution in [0.2, 0.25) is 4.34 Å². The number of thioether (sulfide) groups is 1. The van der Waals surface area contributed by atoms with Crippen LogP contribution in [0.3, 0.4) is 0 Å². The van der Waals surface area contributed by atoms with Crippen LogP contribution < -0.4 is 5.32 Å². The number of hydrogen-bond donors (Lipinski definition) is 1. The molecule has 0 aliphatic heterocycles. The van der Waals surface area contributed by atoms with Gasteiger partial charge in [0.15, 0.2) is 0 Å². The van der Waals surface area contributed by atoms with Crippen molar-refractivity contribution in [1.29, 1.82) is 0 Å². The van der Waals surface area contributed by atoms with Gasteiger partial charge in [0.25, 0.3) is 0 Å². The van der Waals surface area contributed by atoms with E-state index in [0.29, 0.717) is 6.04 Å². The predicted octanol–water partition coefficient (Wildman–Crippen LogP) is 5.22. The first-order valence-electron chi connectivity index (χ1n) is 5.50. The molecule has 0 aliphatic rings. The molecule has 1 N–H and O–H groups in total. The Morgan fingerprint density at radius 3 is 2.83 bits per heavy atom. The van der Waals surface area contributed by atoms with E-state index in [-0.39, 0.29) is 0 Å². The minimum Gasteiger partial charge on any atom is -0.312 e. The summed E-state index contributed by atoms with van der Waals surface area (Å²) in [6, 6.07) is 12.8. The van der Waals surface area contributed by atoms with Crippen molar-refractivity contribution in [1.82, 2.24) is 5.32 Å². The summed E-state index contributed by atoms with van der Waals surface area (Å²) in [6.07, 6.45) is 0. The average molecular weight is 363 g/mol. The third-order valence-corrected chi connectivity index (χ3v) is 5.42. The van der Waals surface area contributed by atoms with E-state index in [1.807, 2.05) is 30.9 Å². The van der Waals surface area contributed by atoms with Crippen LogP contribution >= 0.6 is 50.6 Å². The zero-order valence-corrected chi connectivity index (χ0v) is 13.8. The molecule has 18 heavy (non-hydrogen) atoms. The second-order valence-electron chi connectivity index (χ2n) is 3.75. The van der Waals surface area contributed by atoms with Gasteiger partial charge in [-0.25, -0.2) is 0 Å². The topological polar surface area (TPSA) is 12.0 Å². The molecule has 2 rings (SSSR count). The lowest BCUT2D eigenvalue weighted by Crippen LogP contribution is -2.17. The number of halogens is 2. The van der Waals surface area contributed by atoms with Gasteiger partial charge < -0.3 is 5.32 Å². The quantitative estimate of drug-likeness (QED) is 0.732. The molecule has 1 nitrogen and oxygen atoms in total. The van der Waals surface area contributed by atoms with Crippen molar-refractivity contribution in [2.45, 2.75) is 10.9 Å². The van der Waals surface area contributed by atoms with Crippen molar-refractivity contribution in [3.05, 3.63) is 50.1 Å². The van der Waals surface area contributed by atoms with E-state index in [1.54, 1.807) is 11.3 Å². The Morgan fingerprint density at radius 1 is 1.39 bits per heavy atom. The molecule has 1 unspecified atom stereocenters. The molecule has 0 saturated carbocycles. The largest absolute Gasteiger partial charge is 0.312 e. The number of benzene rings is 1. The summed E-state index contributed by atoms with van der Waals surface area (Å²) in [5.41, 5.74) is 0. The van der Waals surface area contributed by atoms with Crippen molar-refractivity contribution >= 4 is 50.6 Å². The molecule has 0 bridgehead atoms. The molecule has 0 aliphatic carbocycles. The van der Waals surface area contributed by atoms with Crippen molar-refractivity contribution < 1.29 is 0 Å². The summed E-state index contributed by atoms with van der Waals surface area (Å²) in [6.45, 7) is 0. The van der Waals surface area contributed by atoms with Crippen LogP contribution in [-0.2, 0) is 0 Å². The third-order valence-electron chi connectivity index (χ3n) is 2.50. The lowest BCUT2D eigenvalue weighted by atomic mass is 10.3. The highest BCUT2D eigenvalue weighted by Gasteiger charge is 2.12. The Morgan fingerprint density at radius 2 is 2.22 bits per heavy atom. The number of hydrogen-bond acceptors (Lipinski definition) is 3. The Balaban J connectivity index is 1.99. The van der Waals surface area contributed by atoms with E-state index < -0.39 is 0 Å². The van der Waals surface area contributed by atoms with Crippen molar-refractivity contribution in [2.75, 3.05) is 12.8 Å². The van der Waals surface area contributed by atoms with Gasteiger partial charge in [0.2, 0.25) is 0 Å². The standard InChI is InChI=1S/C13H13BrClNS2/c1-16-11(12-5-6-13(15)18-12)8-17-10-4-2-3-9(14)7-10/h2-7,11,16H,8H2,1H3. The fourth-order valence-electron chi connectivity index (χ4n) is 1.56. The van der Waals surface area contributed by atoms with Gasteiger partial charge >= 0.3 is 0 Å². The van der Waals surface area contributed by atoms with Crippen LogP contribution in [0.25, 0.3) is 0 Å². The lowest BCUT2D eigenvalue weighted by Gasteiger charge is -2.14. The van der Waals surface area contributed by atoms with Crippen LogP contribution in [0, 0.1) is 0 Å². The van der Waals surface area contributed by atoms with E-state index in [9.17, 15) is 0 Å². The molecule has 1 atom stereocenters. The normalized spacial score (nSPS) is 12.6. The van der Waals surface area contributed by atoms with Crippen LogP contribution in [0.1, 0.15) is 10.9 Å². The molecule has 2 aromatic rings. The van der Waals surface area contributed by atoms with Gasteiger partial charge in [-0.2, -0.15) is 0 Å². The molecule has 1 aromatic heterocycles. The fourth-order valence-corrected chi connectivity index (χ4v) is 4.48. The second kappa shape index (κ2) is 6.96. The summed E-state index contributed by atoms with van der Waals surface area (Å²) in [4.78, 5) is 2.55. The van der Waals surface area contributed by atoms with Crippen LogP contribution in [-0.4, -0.2) is 12.8 Å². The molecule has 0 fully saturated rings. The molecule has 5 heteroatoms. The molecule has 0 amide bonds. The Kier molecular flexibility index (Phi) is 5.57. The molecular weight excluding hydrogens is 350 g/mol.